The zero-order valence-corrected chi connectivity index (χ0v) is 24.3. The minimum absolute atomic E-state index is 0.0111. The number of aromatic nitrogens is 1. The normalized spacial score (nSPS) is 11.5. The lowest BCUT2D eigenvalue weighted by Crippen LogP contribution is -2.39. The van der Waals surface area contributed by atoms with Crippen LogP contribution in [0.25, 0.3) is 5.69 Å². The highest BCUT2D eigenvalue weighted by Crippen LogP contribution is 2.32. The molecular formula is C30H31ClN4O4S. The van der Waals surface area contributed by atoms with Crippen LogP contribution in [0.5, 0.6) is 5.75 Å². The number of hydrazone groups is 1. The number of amides is 1. The number of aryl methyl sites for hydroxylation is 2. The number of para-hydroxylation sites is 2. The van der Waals surface area contributed by atoms with Gasteiger partial charge in [0.15, 0.2) is 0 Å². The summed E-state index contributed by atoms with van der Waals surface area (Å²) in [5, 5.41) is 4.53. The molecule has 1 heterocycles. The summed E-state index contributed by atoms with van der Waals surface area (Å²) in [5.74, 6) is -0.283. The lowest BCUT2D eigenvalue weighted by atomic mass is 10.2. The van der Waals surface area contributed by atoms with E-state index in [-0.39, 0.29) is 10.6 Å². The van der Waals surface area contributed by atoms with Crippen molar-refractivity contribution in [2.45, 2.75) is 32.6 Å². The maximum atomic E-state index is 13.7. The van der Waals surface area contributed by atoms with E-state index in [9.17, 15) is 13.2 Å². The molecule has 0 fully saturated rings. The largest absolute Gasteiger partial charge is 0.492 e. The van der Waals surface area contributed by atoms with Crippen LogP contribution in [0.15, 0.2) is 88.9 Å². The van der Waals surface area contributed by atoms with Crippen LogP contribution in [0.1, 0.15) is 29.4 Å². The summed E-state index contributed by atoms with van der Waals surface area (Å²) in [7, 11) is -4.15. The van der Waals surface area contributed by atoms with Crippen molar-refractivity contribution in [3.8, 4) is 11.4 Å². The number of hydrogen-bond acceptors (Lipinski definition) is 5. The van der Waals surface area contributed by atoms with Gasteiger partial charge in [0.2, 0.25) is 0 Å². The molecule has 0 saturated carbocycles. The first-order valence-corrected chi connectivity index (χ1v) is 14.5. The predicted octanol–water partition coefficient (Wildman–Crippen LogP) is 5.80. The molecule has 10 heteroatoms. The summed E-state index contributed by atoms with van der Waals surface area (Å²) < 4.78 is 36.1. The minimum Gasteiger partial charge on any atom is -0.492 e. The zero-order chi connectivity index (χ0) is 28.9. The molecule has 0 aliphatic heterocycles. The molecule has 0 aliphatic rings. The first-order chi connectivity index (χ1) is 19.1. The highest BCUT2D eigenvalue weighted by Gasteiger charge is 2.29. The van der Waals surface area contributed by atoms with Gasteiger partial charge in [-0.3, -0.25) is 9.10 Å². The van der Waals surface area contributed by atoms with Crippen LogP contribution in [0.3, 0.4) is 0 Å². The number of carbonyl (C=O) groups excluding carboxylic acids is 1. The Kier molecular flexibility index (Phi) is 8.96. The van der Waals surface area contributed by atoms with Crippen molar-refractivity contribution in [2.24, 2.45) is 5.10 Å². The van der Waals surface area contributed by atoms with Crippen LogP contribution in [0.4, 0.5) is 5.69 Å². The number of rotatable bonds is 10. The van der Waals surface area contributed by atoms with Gasteiger partial charge >= 0.3 is 0 Å². The average Bonchev–Trinajstić information content (AvgIpc) is 3.21. The lowest BCUT2D eigenvalue weighted by molar-refractivity contribution is -0.119. The molecular weight excluding hydrogens is 548 g/mol. The Morgan fingerprint density at radius 3 is 2.38 bits per heavy atom. The third-order valence-electron chi connectivity index (χ3n) is 6.28. The van der Waals surface area contributed by atoms with E-state index in [4.69, 9.17) is 16.3 Å². The van der Waals surface area contributed by atoms with Gasteiger partial charge in [-0.05, 0) is 82.3 Å². The molecule has 0 radical (unpaired) electrons. The fourth-order valence-electron chi connectivity index (χ4n) is 4.32. The van der Waals surface area contributed by atoms with Crippen molar-refractivity contribution in [1.29, 1.82) is 0 Å². The first kappa shape index (κ1) is 28.9. The third-order valence-corrected chi connectivity index (χ3v) is 8.30. The van der Waals surface area contributed by atoms with E-state index in [1.54, 1.807) is 37.4 Å². The van der Waals surface area contributed by atoms with Gasteiger partial charge < -0.3 is 9.30 Å². The van der Waals surface area contributed by atoms with E-state index in [1.807, 2.05) is 39.0 Å². The second-order valence-electron chi connectivity index (χ2n) is 9.16. The molecule has 0 bridgehead atoms. The molecule has 208 valence electrons. The van der Waals surface area contributed by atoms with E-state index < -0.39 is 22.5 Å². The van der Waals surface area contributed by atoms with Gasteiger partial charge in [-0.15, -0.1) is 0 Å². The summed E-state index contributed by atoms with van der Waals surface area (Å²) in [5.41, 5.74) is 7.70. The Hall–Kier alpha value is -4.08. The van der Waals surface area contributed by atoms with Crippen molar-refractivity contribution >= 4 is 39.4 Å². The Labute approximate surface area is 239 Å². The Balaban J connectivity index is 1.58. The summed E-state index contributed by atoms with van der Waals surface area (Å²) >= 11 is 5.97. The number of ether oxygens (including phenoxy) is 1. The molecule has 1 amide bonds. The molecule has 0 aliphatic carbocycles. The molecule has 0 saturated heterocycles. The smallest absolute Gasteiger partial charge is 0.264 e. The molecule has 0 unspecified atom stereocenters. The number of halogens is 1. The summed E-state index contributed by atoms with van der Waals surface area (Å²) in [6.45, 7) is 7.61. The van der Waals surface area contributed by atoms with Crippen LogP contribution >= 0.6 is 11.6 Å². The molecule has 0 atom stereocenters. The van der Waals surface area contributed by atoms with Crippen molar-refractivity contribution in [3.05, 3.63) is 106 Å². The van der Waals surface area contributed by atoms with Crippen LogP contribution in [-0.2, 0) is 14.8 Å². The molecule has 4 rings (SSSR count). The Morgan fingerprint density at radius 1 is 1.02 bits per heavy atom. The monoisotopic (exact) mass is 578 g/mol. The summed E-state index contributed by atoms with van der Waals surface area (Å²) in [6, 6.07) is 22.6. The minimum atomic E-state index is -4.15. The maximum Gasteiger partial charge on any atom is 0.264 e. The third kappa shape index (κ3) is 6.38. The van der Waals surface area contributed by atoms with Gasteiger partial charge in [-0.1, -0.05) is 41.4 Å². The van der Waals surface area contributed by atoms with Gasteiger partial charge in [0.25, 0.3) is 15.9 Å². The Morgan fingerprint density at radius 2 is 1.70 bits per heavy atom. The van der Waals surface area contributed by atoms with E-state index >= 15 is 0 Å². The van der Waals surface area contributed by atoms with Crippen LogP contribution < -0.4 is 14.5 Å². The number of anilines is 1. The van der Waals surface area contributed by atoms with E-state index in [1.165, 1.54) is 29.8 Å². The number of nitrogens with zero attached hydrogens (tertiary/aromatic N) is 3. The first-order valence-electron chi connectivity index (χ1n) is 12.7. The van der Waals surface area contributed by atoms with Crippen molar-refractivity contribution in [2.75, 3.05) is 17.5 Å². The standard InChI is InChI=1S/C30H31ClN4O4S/c1-5-39-29-9-7-6-8-28(29)34(40(37,38)27-16-12-25(31)13-17-27)20-30(36)33-32-19-24-18-22(3)35(23(24)4)26-14-10-21(2)11-15-26/h6-19H,5,20H2,1-4H3,(H,33,36)/b32-19-. The SMILES string of the molecule is CCOc1ccccc1N(CC(=O)N/N=C\c1cc(C)n(-c2ccc(C)cc2)c1C)S(=O)(=O)c1ccc(Cl)cc1. The molecule has 8 nitrogen and oxygen atoms in total. The number of benzene rings is 3. The van der Waals surface area contributed by atoms with E-state index in [0.29, 0.717) is 17.4 Å². The second-order valence-corrected chi connectivity index (χ2v) is 11.5. The molecule has 4 aromatic rings. The summed E-state index contributed by atoms with van der Waals surface area (Å²) in [4.78, 5) is 13.0. The van der Waals surface area contributed by atoms with Gasteiger partial charge in [-0.2, -0.15) is 5.10 Å². The zero-order valence-electron chi connectivity index (χ0n) is 22.8. The van der Waals surface area contributed by atoms with Crippen molar-refractivity contribution in [1.82, 2.24) is 9.99 Å². The molecule has 0 spiro atoms. The maximum absolute atomic E-state index is 13.7. The van der Waals surface area contributed by atoms with Crippen LogP contribution in [-0.4, -0.2) is 38.3 Å². The molecule has 1 N–H and O–H groups in total. The van der Waals surface area contributed by atoms with Crippen LogP contribution in [0.2, 0.25) is 5.02 Å². The average molecular weight is 579 g/mol. The van der Waals surface area contributed by atoms with Crippen LogP contribution in [0, 0.1) is 20.8 Å². The molecule has 40 heavy (non-hydrogen) atoms. The van der Waals surface area contributed by atoms with Gasteiger partial charge in [-0.25, -0.2) is 13.8 Å². The van der Waals surface area contributed by atoms with Gasteiger partial charge in [0.1, 0.15) is 12.3 Å². The van der Waals surface area contributed by atoms with Crippen molar-refractivity contribution in [3.63, 3.8) is 0 Å². The number of hydrogen-bond donors (Lipinski definition) is 1. The van der Waals surface area contributed by atoms with E-state index in [2.05, 4.69) is 27.2 Å². The highest BCUT2D eigenvalue weighted by atomic mass is 35.5. The quantitative estimate of drug-likeness (QED) is 0.190. The summed E-state index contributed by atoms with van der Waals surface area (Å²) in [6.07, 6.45) is 1.55. The fraction of sp³-hybridized carbons (Fsp3) is 0.200. The number of carbonyl (C=O) groups is 1. The molecule has 3 aromatic carbocycles. The van der Waals surface area contributed by atoms with Gasteiger partial charge in [0, 0.05) is 27.7 Å². The fourth-order valence-corrected chi connectivity index (χ4v) is 5.88. The second kappa shape index (κ2) is 12.4. The lowest BCUT2D eigenvalue weighted by Gasteiger charge is -2.25. The van der Waals surface area contributed by atoms with Gasteiger partial charge in [0.05, 0.1) is 23.4 Å². The predicted molar refractivity (Wildman–Crippen MR) is 159 cm³/mol. The molecule has 1 aromatic heterocycles. The van der Waals surface area contributed by atoms with E-state index in [0.717, 1.165) is 26.9 Å². The van der Waals surface area contributed by atoms with Crippen molar-refractivity contribution < 1.29 is 17.9 Å². The highest BCUT2D eigenvalue weighted by molar-refractivity contribution is 7.92. The number of sulfonamides is 1. The Bertz CT molecular complexity index is 1630. The number of nitrogens with one attached hydrogen (secondary N) is 1. The topological polar surface area (TPSA) is 93.0 Å².